The van der Waals surface area contributed by atoms with Crippen molar-refractivity contribution in [1.82, 2.24) is 4.31 Å². The maximum Gasteiger partial charge on any atom is 0.279 e. The van der Waals surface area contributed by atoms with Crippen LogP contribution in [-0.2, 0) is 21.2 Å². The molecule has 31 heavy (non-hydrogen) atoms. The first kappa shape index (κ1) is 23.4. The predicted octanol–water partition coefficient (Wildman–Crippen LogP) is 2.21. The summed E-state index contributed by atoms with van der Waals surface area (Å²) in [6, 6.07) is 13.2. The minimum absolute atomic E-state index is 0.0282. The van der Waals surface area contributed by atoms with Crippen molar-refractivity contribution >= 4 is 21.6 Å². The van der Waals surface area contributed by atoms with E-state index in [1.807, 2.05) is 37.3 Å². The SMILES string of the molecule is CCc1cccc(C)c1NC(=O)C[NH+]1CCN(S(=O)(=O)c2ccc(C(C)C)cc2)CC1. The highest BCUT2D eigenvalue weighted by Gasteiger charge is 2.31. The van der Waals surface area contributed by atoms with E-state index in [9.17, 15) is 13.2 Å². The summed E-state index contributed by atoms with van der Waals surface area (Å²) in [6.45, 7) is 10.7. The van der Waals surface area contributed by atoms with Crippen LogP contribution in [-0.4, -0.2) is 51.4 Å². The molecule has 0 radical (unpaired) electrons. The molecule has 2 N–H and O–H groups in total. The fourth-order valence-corrected chi connectivity index (χ4v) is 5.45. The lowest BCUT2D eigenvalue weighted by molar-refractivity contribution is -0.895. The third kappa shape index (κ3) is 5.53. The summed E-state index contributed by atoms with van der Waals surface area (Å²) in [7, 11) is -3.50. The zero-order chi connectivity index (χ0) is 22.6. The summed E-state index contributed by atoms with van der Waals surface area (Å²) >= 11 is 0. The highest BCUT2D eigenvalue weighted by atomic mass is 32.2. The highest BCUT2D eigenvalue weighted by Crippen LogP contribution is 2.21. The van der Waals surface area contributed by atoms with Crippen molar-refractivity contribution in [1.29, 1.82) is 0 Å². The molecule has 1 aliphatic rings. The minimum atomic E-state index is -3.50. The van der Waals surface area contributed by atoms with E-state index >= 15 is 0 Å². The van der Waals surface area contributed by atoms with Gasteiger partial charge in [0.05, 0.1) is 31.1 Å². The number of quaternary nitrogens is 1. The first-order valence-electron chi connectivity index (χ1n) is 11.0. The Balaban J connectivity index is 1.57. The van der Waals surface area contributed by atoms with Crippen LogP contribution in [0.4, 0.5) is 5.69 Å². The molecule has 2 aromatic carbocycles. The molecule has 0 aromatic heterocycles. The molecule has 168 valence electrons. The Kier molecular flexibility index (Phi) is 7.51. The maximum atomic E-state index is 13.0. The second kappa shape index (κ2) is 9.94. The molecule has 0 spiro atoms. The largest absolute Gasteiger partial charge is 0.325 e. The van der Waals surface area contributed by atoms with Gasteiger partial charge in [-0.1, -0.05) is 51.1 Å². The lowest BCUT2D eigenvalue weighted by Crippen LogP contribution is -3.15. The van der Waals surface area contributed by atoms with Gasteiger partial charge in [-0.25, -0.2) is 8.42 Å². The van der Waals surface area contributed by atoms with E-state index < -0.39 is 10.0 Å². The molecule has 0 saturated carbocycles. The van der Waals surface area contributed by atoms with Gasteiger partial charge in [-0.3, -0.25) is 4.79 Å². The topological polar surface area (TPSA) is 70.9 Å². The lowest BCUT2D eigenvalue weighted by atomic mass is 10.0. The number of piperazine rings is 1. The third-order valence-corrected chi connectivity index (χ3v) is 7.94. The first-order valence-corrected chi connectivity index (χ1v) is 12.5. The molecule has 6 nitrogen and oxygen atoms in total. The van der Waals surface area contributed by atoms with Crippen LogP contribution in [0.5, 0.6) is 0 Å². The van der Waals surface area contributed by atoms with Crippen LogP contribution in [0.3, 0.4) is 0 Å². The van der Waals surface area contributed by atoms with E-state index in [2.05, 4.69) is 26.1 Å². The second-order valence-corrected chi connectivity index (χ2v) is 10.5. The molecule has 1 amide bonds. The summed E-state index contributed by atoms with van der Waals surface area (Å²) in [4.78, 5) is 14.1. The van der Waals surface area contributed by atoms with E-state index in [0.717, 1.165) is 33.7 Å². The first-order chi connectivity index (χ1) is 14.7. The maximum absolute atomic E-state index is 13.0. The number of hydrogen-bond donors (Lipinski definition) is 2. The molecule has 1 heterocycles. The minimum Gasteiger partial charge on any atom is -0.325 e. The molecule has 1 aliphatic heterocycles. The Bertz CT molecular complexity index is 1010. The van der Waals surface area contributed by atoms with Crippen LogP contribution < -0.4 is 10.2 Å². The molecule has 7 heteroatoms. The Morgan fingerprint density at radius 3 is 2.32 bits per heavy atom. The average molecular weight is 445 g/mol. The lowest BCUT2D eigenvalue weighted by Gasteiger charge is -2.31. The zero-order valence-electron chi connectivity index (χ0n) is 18.9. The van der Waals surface area contributed by atoms with E-state index in [1.165, 1.54) is 4.31 Å². The van der Waals surface area contributed by atoms with Gasteiger partial charge < -0.3 is 10.2 Å². The number of rotatable bonds is 7. The van der Waals surface area contributed by atoms with Gasteiger partial charge in [-0.15, -0.1) is 0 Å². The molecule has 1 fully saturated rings. The summed E-state index contributed by atoms with van der Waals surface area (Å²) in [5, 5.41) is 3.07. The smallest absolute Gasteiger partial charge is 0.279 e. The van der Waals surface area contributed by atoms with Gasteiger partial charge in [0.2, 0.25) is 10.0 Å². The fourth-order valence-electron chi connectivity index (χ4n) is 4.01. The summed E-state index contributed by atoms with van der Waals surface area (Å²) in [5.74, 6) is 0.336. The molecule has 0 aliphatic carbocycles. The number of para-hydroxylation sites is 1. The second-order valence-electron chi connectivity index (χ2n) is 8.57. The van der Waals surface area contributed by atoms with Crippen molar-refractivity contribution in [2.75, 3.05) is 38.0 Å². The van der Waals surface area contributed by atoms with Gasteiger partial charge in [0, 0.05) is 5.69 Å². The van der Waals surface area contributed by atoms with Crippen molar-refractivity contribution in [2.24, 2.45) is 0 Å². The average Bonchev–Trinajstić information content (AvgIpc) is 2.75. The number of carbonyl (C=O) groups is 1. The van der Waals surface area contributed by atoms with Crippen molar-refractivity contribution in [3.8, 4) is 0 Å². The van der Waals surface area contributed by atoms with Crippen molar-refractivity contribution in [2.45, 2.75) is 44.9 Å². The number of benzene rings is 2. The highest BCUT2D eigenvalue weighted by molar-refractivity contribution is 7.89. The summed E-state index contributed by atoms with van der Waals surface area (Å²) in [6.07, 6.45) is 0.860. The van der Waals surface area contributed by atoms with Crippen molar-refractivity contribution < 1.29 is 18.1 Å². The van der Waals surface area contributed by atoms with E-state index in [1.54, 1.807) is 12.1 Å². The van der Waals surface area contributed by atoms with E-state index in [4.69, 9.17) is 0 Å². The normalized spacial score (nSPS) is 15.9. The van der Waals surface area contributed by atoms with Crippen molar-refractivity contribution in [3.63, 3.8) is 0 Å². The van der Waals surface area contributed by atoms with Gasteiger partial charge >= 0.3 is 0 Å². The summed E-state index contributed by atoms with van der Waals surface area (Å²) < 4.78 is 27.5. The number of sulfonamides is 1. The third-order valence-electron chi connectivity index (χ3n) is 6.03. The standard InChI is InChI=1S/C24H33N3O3S/c1-5-20-8-6-7-19(4)24(20)25-23(28)17-26-13-15-27(16-14-26)31(29,30)22-11-9-21(10-12-22)18(2)3/h6-12,18H,5,13-17H2,1-4H3,(H,25,28)/p+1. The van der Waals surface area contributed by atoms with Crippen molar-refractivity contribution in [3.05, 3.63) is 59.2 Å². The monoisotopic (exact) mass is 444 g/mol. The number of nitrogens with one attached hydrogen (secondary N) is 2. The van der Waals surface area contributed by atoms with E-state index in [0.29, 0.717) is 43.5 Å². The molecule has 0 unspecified atom stereocenters. The van der Waals surface area contributed by atoms with Gasteiger partial charge in [0.15, 0.2) is 6.54 Å². The van der Waals surface area contributed by atoms with Gasteiger partial charge in [-0.2, -0.15) is 4.31 Å². The van der Waals surface area contributed by atoms with Gasteiger partial charge in [-0.05, 0) is 48.1 Å². The Labute approximate surface area is 186 Å². The molecular formula is C24H34N3O3S+. The van der Waals surface area contributed by atoms with Crippen LogP contribution in [0.15, 0.2) is 47.4 Å². The number of amides is 1. The predicted molar refractivity (Wildman–Crippen MR) is 124 cm³/mol. The van der Waals surface area contributed by atoms with E-state index in [-0.39, 0.29) is 5.91 Å². The van der Waals surface area contributed by atoms with Crippen LogP contribution >= 0.6 is 0 Å². The number of nitrogens with zero attached hydrogens (tertiary/aromatic N) is 1. The molecule has 2 aromatic rings. The quantitative estimate of drug-likeness (QED) is 0.688. The van der Waals surface area contributed by atoms with Crippen LogP contribution in [0.2, 0.25) is 0 Å². The fraction of sp³-hybridized carbons (Fsp3) is 0.458. The molecule has 1 saturated heterocycles. The number of anilines is 1. The number of hydrogen-bond acceptors (Lipinski definition) is 3. The van der Waals surface area contributed by atoms with Crippen LogP contribution in [0.25, 0.3) is 0 Å². The van der Waals surface area contributed by atoms with Gasteiger partial charge in [0.1, 0.15) is 0 Å². The zero-order valence-corrected chi connectivity index (χ0v) is 19.8. The molecular weight excluding hydrogens is 410 g/mol. The van der Waals surface area contributed by atoms with Gasteiger partial charge in [0.25, 0.3) is 5.91 Å². The summed E-state index contributed by atoms with van der Waals surface area (Å²) in [5.41, 5.74) is 4.21. The Morgan fingerprint density at radius 1 is 1.10 bits per heavy atom. The molecule has 0 atom stereocenters. The molecule has 3 rings (SSSR count). The Morgan fingerprint density at radius 2 is 1.74 bits per heavy atom. The van der Waals surface area contributed by atoms with Crippen LogP contribution in [0, 0.1) is 6.92 Å². The Hall–Kier alpha value is -2.22. The number of carbonyl (C=O) groups excluding carboxylic acids is 1. The number of aryl methyl sites for hydroxylation is 2. The molecule has 0 bridgehead atoms. The van der Waals surface area contributed by atoms with Crippen LogP contribution in [0.1, 0.15) is 43.4 Å².